The Kier molecular flexibility index (Phi) is 5.56. The van der Waals surface area contributed by atoms with Crippen LogP contribution in [0.3, 0.4) is 0 Å². The summed E-state index contributed by atoms with van der Waals surface area (Å²) >= 11 is 0. The molecule has 7 nitrogen and oxygen atoms in total. The molecule has 0 aliphatic rings. The van der Waals surface area contributed by atoms with Crippen molar-refractivity contribution < 1.29 is 28.5 Å². The molecule has 8 heteroatoms. The molecule has 0 aromatic heterocycles. The topological polar surface area (TPSA) is 124 Å². The Hall–Kier alpha value is -3.78. The third-order valence-corrected chi connectivity index (χ3v) is 5.37. The van der Waals surface area contributed by atoms with Crippen LogP contribution in [0.2, 0.25) is 0 Å². The van der Waals surface area contributed by atoms with Crippen LogP contribution >= 0.6 is 0 Å². The maximum absolute atomic E-state index is 12.5. The van der Waals surface area contributed by atoms with E-state index >= 15 is 0 Å². The van der Waals surface area contributed by atoms with Crippen LogP contribution < -0.4 is 4.72 Å². The van der Waals surface area contributed by atoms with Gasteiger partial charge in [-0.15, -0.1) is 0 Å². The molecule has 0 radical (unpaired) electrons. The van der Waals surface area contributed by atoms with Crippen molar-refractivity contribution in [2.75, 3.05) is 4.72 Å². The molecule has 0 unspecified atom stereocenters. The Labute approximate surface area is 167 Å². The second-order valence-electron chi connectivity index (χ2n) is 6.09. The highest BCUT2D eigenvalue weighted by Gasteiger charge is 2.18. The molecule has 0 fully saturated rings. The monoisotopic (exact) mass is 411 g/mol. The van der Waals surface area contributed by atoms with Crippen LogP contribution in [0.25, 0.3) is 6.08 Å². The maximum Gasteiger partial charge on any atom is 0.262 e. The fraction of sp³-hybridized carbons (Fsp3) is 0. The lowest BCUT2D eigenvalue weighted by molar-refractivity contribution is 0.104. The van der Waals surface area contributed by atoms with E-state index in [2.05, 4.69) is 4.72 Å². The predicted octanol–water partition coefficient (Wildman–Crippen LogP) is 3.50. The minimum absolute atomic E-state index is 0.0534. The molecule has 0 saturated heterocycles. The van der Waals surface area contributed by atoms with Gasteiger partial charge in [0.2, 0.25) is 0 Å². The standard InChI is InChI=1S/C21H17NO6S/c23-16-7-9-18(10-8-16)29(27,28)22-19-13-17(24)12-15(21(19)26)6-11-20(25)14-4-2-1-3-5-14/h1-13,22-24,26H/b11-6+. The van der Waals surface area contributed by atoms with E-state index in [0.717, 1.165) is 6.07 Å². The molecule has 0 aliphatic heterocycles. The molecule has 3 aromatic rings. The maximum atomic E-state index is 12.5. The first-order valence-corrected chi connectivity index (χ1v) is 9.90. The Morgan fingerprint density at radius 2 is 1.52 bits per heavy atom. The van der Waals surface area contributed by atoms with E-state index < -0.39 is 15.8 Å². The highest BCUT2D eigenvalue weighted by molar-refractivity contribution is 7.92. The number of phenolic OH excluding ortho intramolecular Hbond substituents is 3. The van der Waals surface area contributed by atoms with Gasteiger partial charge in [-0.3, -0.25) is 9.52 Å². The highest BCUT2D eigenvalue weighted by Crippen LogP contribution is 2.35. The van der Waals surface area contributed by atoms with Crippen LogP contribution in [0.4, 0.5) is 5.69 Å². The summed E-state index contributed by atoms with van der Waals surface area (Å²) < 4.78 is 27.1. The minimum Gasteiger partial charge on any atom is -0.508 e. The summed E-state index contributed by atoms with van der Waals surface area (Å²) in [4.78, 5) is 12.0. The minimum atomic E-state index is -4.08. The third-order valence-electron chi connectivity index (χ3n) is 3.99. The number of hydrogen-bond donors (Lipinski definition) is 4. The van der Waals surface area contributed by atoms with Crippen molar-refractivity contribution >= 4 is 27.6 Å². The largest absolute Gasteiger partial charge is 0.508 e. The number of allylic oxidation sites excluding steroid dienone is 1. The zero-order valence-electron chi connectivity index (χ0n) is 15.0. The summed E-state index contributed by atoms with van der Waals surface area (Å²) in [6.07, 6.45) is 2.49. The smallest absolute Gasteiger partial charge is 0.262 e. The molecule has 0 saturated carbocycles. The molecule has 4 N–H and O–H groups in total. The van der Waals surface area contributed by atoms with E-state index in [1.807, 2.05) is 0 Å². The summed E-state index contributed by atoms with van der Waals surface area (Å²) in [5.74, 6) is -1.18. The Morgan fingerprint density at radius 3 is 2.17 bits per heavy atom. The van der Waals surface area contributed by atoms with Gasteiger partial charge in [0, 0.05) is 17.2 Å². The summed E-state index contributed by atoms with van der Waals surface area (Å²) in [6, 6.07) is 15.5. The van der Waals surface area contributed by atoms with Crippen LogP contribution in [0.5, 0.6) is 17.2 Å². The first-order chi connectivity index (χ1) is 13.8. The van der Waals surface area contributed by atoms with Gasteiger partial charge in [0.15, 0.2) is 5.78 Å². The van der Waals surface area contributed by atoms with Gasteiger partial charge >= 0.3 is 0 Å². The molecule has 148 valence electrons. The zero-order chi connectivity index (χ0) is 21.0. The number of aromatic hydroxyl groups is 3. The molecule has 0 bridgehead atoms. The Balaban J connectivity index is 1.90. The van der Waals surface area contributed by atoms with E-state index in [9.17, 15) is 28.5 Å². The van der Waals surface area contributed by atoms with Crippen LogP contribution in [0.15, 0.2) is 77.7 Å². The molecule has 3 aromatic carbocycles. The zero-order valence-corrected chi connectivity index (χ0v) is 15.8. The molecular weight excluding hydrogens is 394 g/mol. The Bertz CT molecular complexity index is 1170. The molecule has 0 amide bonds. The van der Waals surface area contributed by atoms with Gasteiger partial charge in [0.25, 0.3) is 10.0 Å². The van der Waals surface area contributed by atoms with Crippen molar-refractivity contribution in [2.45, 2.75) is 4.90 Å². The lowest BCUT2D eigenvalue weighted by Crippen LogP contribution is -2.13. The number of hydrogen-bond acceptors (Lipinski definition) is 6. The van der Waals surface area contributed by atoms with Crippen LogP contribution in [0, 0.1) is 0 Å². The number of sulfonamides is 1. The number of anilines is 1. The number of carbonyl (C=O) groups is 1. The number of carbonyl (C=O) groups excluding carboxylic acids is 1. The molecule has 0 spiro atoms. The van der Waals surface area contributed by atoms with Gasteiger partial charge in [0.1, 0.15) is 17.2 Å². The van der Waals surface area contributed by atoms with E-state index in [0.29, 0.717) is 5.56 Å². The molecule has 0 aliphatic carbocycles. The second-order valence-corrected chi connectivity index (χ2v) is 7.78. The summed E-state index contributed by atoms with van der Waals surface area (Å²) in [5, 5.41) is 29.6. The molecule has 0 atom stereocenters. The molecule has 3 rings (SSSR count). The van der Waals surface area contributed by atoms with Gasteiger partial charge in [-0.25, -0.2) is 8.42 Å². The number of phenols is 3. The first kappa shape index (κ1) is 20.0. The van der Waals surface area contributed by atoms with E-state index in [-0.39, 0.29) is 33.4 Å². The number of rotatable bonds is 6. The lowest BCUT2D eigenvalue weighted by Gasteiger charge is -2.12. The van der Waals surface area contributed by atoms with Crippen molar-refractivity contribution in [2.24, 2.45) is 0 Å². The van der Waals surface area contributed by atoms with Crippen molar-refractivity contribution in [1.29, 1.82) is 0 Å². The van der Waals surface area contributed by atoms with Gasteiger partial charge in [-0.1, -0.05) is 30.3 Å². The third kappa shape index (κ3) is 4.74. The highest BCUT2D eigenvalue weighted by atomic mass is 32.2. The average molecular weight is 411 g/mol. The van der Waals surface area contributed by atoms with Gasteiger partial charge in [-0.05, 0) is 42.5 Å². The molecular formula is C21H17NO6S. The molecule has 0 heterocycles. The predicted molar refractivity (Wildman–Crippen MR) is 108 cm³/mol. The van der Waals surface area contributed by atoms with E-state index in [4.69, 9.17) is 0 Å². The quantitative estimate of drug-likeness (QED) is 0.213. The van der Waals surface area contributed by atoms with Crippen molar-refractivity contribution in [3.05, 3.63) is 83.9 Å². The Morgan fingerprint density at radius 1 is 0.862 bits per heavy atom. The fourth-order valence-electron chi connectivity index (χ4n) is 2.54. The van der Waals surface area contributed by atoms with Crippen molar-refractivity contribution in [3.8, 4) is 17.2 Å². The SMILES string of the molecule is O=C(/C=C/c1cc(O)cc(NS(=O)(=O)c2ccc(O)cc2)c1O)c1ccccc1. The van der Waals surface area contributed by atoms with E-state index in [1.165, 1.54) is 42.5 Å². The van der Waals surface area contributed by atoms with Gasteiger partial charge in [-0.2, -0.15) is 0 Å². The van der Waals surface area contributed by atoms with Gasteiger partial charge in [0.05, 0.1) is 10.6 Å². The normalized spacial score (nSPS) is 11.4. The van der Waals surface area contributed by atoms with Crippen molar-refractivity contribution in [3.63, 3.8) is 0 Å². The summed E-state index contributed by atoms with van der Waals surface area (Å²) in [6.45, 7) is 0. The number of ketones is 1. The van der Waals surface area contributed by atoms with E-state index in [1.54, 1.807) is 30.3 Å². The fourth-order valence-corrected chi connectivity index (χ4v) is 3.60. The van der Waals surface area contributed by atoms with Crippen LogP contribution in [-0.2, 0) is 10.0 Å². The molecule has 29 heavy (non-hydrogen) atoms. The number of benzene rings is 3. The summed E-state index contributed by atoms with van der Waals surface area (Å²) in [7, 11) is -4.08. The van der Waals surface area contributed by atoms with Crippen molar-refractivity contribution in [1.82, 2.24) is 0 Å². The van der Waals surface area contributed by atoms with Crippen LogP contribution in [-0.4, -0.2) is 29.5 Å². The summed E-state index contributed by atoms with van der Waals surface area (Å²) in [5.41, 5.74) is 0.235. The van der Waals surface area contributed by atoms with Gasteiger partial charge < -0.3 is 15.3 Å². The number of nitrogens with one attached hydrogen (secondary N) is 1. The average Bonchev–Trinajstić information content (AvgIpc) is 2.70. The van der Waals surface area contributed by atoms with Crippen LogP contribution in [0.1, 0.15) is 15.9 Å². The first-order valence-electron chi connectivity index (χ1n) is 8.41. The lowest BCUT2D eigenvalue weighted by atomic mass is 10.1. The second kappa shape index (κ2) is 8.07.